The summed E-state index contributed by atoms with van der Waals surface area (Å²) in [5.74, 6) is 0.604. The number of hydrogen-bond donors (Lipinski definition) is 1. The highest BCUT2D eigenvalue weighted by atomic mass is 79.9. The van der Waals surface area contributed by atoms with E-state index in [9.17, 15) is 0 Å². The number of aromatic nitrogens is 1. The second-order valence-corrected chi connectivity index (χ2v) is 5.48. The number of hydrogen-bond acceptors (Lipinski definition) is 3. The van der Waals surface area contributed by atoms with Crippen molar-refractivity contribution in [1.29, 1.82) is 0 Å². The molecule has 0 spiro atoms. The number of anilines is 1. The van der Waals surface area contributed by atoms with Crippen LogP contribution in [-0.2, 0) is 0 Å². The molecule has 88 valence electrons. The quantitative estimate of drug-likeness (QED) is 0.906. The third-order valence-electron chi connectivity index (χ3n) is 3.26. The average molecular weight is 284 g/mol. The molecule has 0 aromatic carbocycles. The fraction of sp³-hybridized carbons (Fsp3) is 0.583. The van der Waals surface area contributed by atoms with Gasteiger partial charge in [-0.25, -0.2) is 0 Å². The summed E-state index contributed by atoms with van der Waals surface area (Å²) in [5.41, 5.74) is 7.18. The van der Waals surface area contributed by atoms with Crippen molar-refractivity contribution in [3.05, 3.63) is 22.9 Å². The predicted molar refractivity (Wildman–Crippen MR) is 70.5 cm³/mol. The van der Waals surface area contributed by atoms with Crippen LogP contribution in [0.5, 0.6) is 0 Å². The summed E-state index contributed by atoms with van der Waals surface area (Å²) in [5, 5.41) is 0. The number of pyridine rings is 1. The van der Waals surface area contributed by atoms with Gasteiger partial charge in [-0.2, -0.15) is 0 Å². The van der Waals surface area contributed by atoms with Crippen LogP contribution in [0.2, 0.25) is 0 Å². The average Bonchev–Trinajstić information content (AvgIpc) is 2.29. The number of rotatable bonds is 2. The molecule has 1 saturated heterocycles. The Bertz CT molecular complexity index is 354. The van der Waals surface area contributed by atoms with Gasteiger partial charge in [0.1, 0.15) is 0 Å². The molecule has 1 aliphatic heterocycles. The van der Waals surface area contributed by atoms with Gasteiger partial charge >= 0.3 is 0 Å². The summed E-state index contributed by atoms with van der Waals surface area (Å²) in [7, 11) is 0. The van der Waals surface area contributed by atoms with Gasteiger partial charge in [0, 0.05) is 29.8 Å². The molecule has 2 rings (SSSR count). The molecule has 0 aliphatic carbocycles. The minimum atomic E-state index is 0.280. The SMILES string of the molecule is CC(N)C1CCCN(c2cncc(Br)c2)C1. The van der Waals surface area contributed by atoms with Gasteiger partial charge in [0.05, 0.1) is 11.9 Å². The van der Waals surface area contributed by atoms with Crippen molar-refractivity contribution in [3.63, 3.8) is 0 Å². The second-order valence-electron chi connectivity index (χ2n) is 4.57. The molecular weight excluding hydrogens is 266 g/mol. The summed E-state index contributed by atoms with van der Waals surface area (Å²) < 4.78 is 1.04. The molecule has 0 amide bonds. The second kappa shape index (κ2) is 5.15. The Morgan fingerprint density at radius 2 is 2.38 bits per heavy atom. The Morgan fingerprint density at radius 3 is 3.06 bits per heavy atom. The molecule has 2 atom stereocenters. The lowest BCUT2D eigenvalue weighted by atomic mass is 9.92. The first-order valence-electron chi connectivity index (χ1n) is 5.78. The summed E-state index contributed by atoms with van der Waals surface area (Å²) in [6.45, 7) is 4.27. The third kappa shape index (κ3) is 2.74. The lowest BCUT2D eigenvalue weighted by molar-refractivity contribution is 0.364. The van der Waals surface area contributed by atoms with Crippen molar-refractivity contribution in [2.24, 2.45) is 11.7 Å². The topological polar surface area (TPSA) is 42.1 Å². The highest BCUT2D eigenvalue weighted by molar-refractivity contribution is 9.10. The van der Waals surface area contributed by atoms with E-state index in [4.69, 9.17) is 5.73 Å². The highest BCUT2D eigenvalue weighted by Crippen LogP contribution is 2.25. The van der Waals surface area contributed by atoms with Crippen molar-refractivity contribution in [1.82, 2.24) is 4.98 Å². The van der Waals surface area contributed by atoms with Crippen molar-refractivity contribution in [3.8, 4) is 0 Å². The molecule has 2 N–H and O–H groups in total. The molecular formula is C12H18BrN3. The van der Waals surface area contributed by atoms with E-state index in [0.717, 1.165) is 17.6 Å². The van der Waals surface area contributed by atoms with Gasteiger partial charge in [0.15, 0.2) is 0 Å². The third-order valence-corrected chi connectivity index (χ3v) is 3.69. The van der Waals surface area contributed by atoms with Crippen LogP contribution in [0.3, 0.4) is 0 Å². The van der Waals surface area contributed by atoms with E-state index in [2.05, 4.69) is 38.8 Å². The van der Waals surface area contributed by atoms with Crippen LogP contribution in [-0.4, -0.2) is 24.1 Å². The smallest absolute Gasteiger partial charge is 0.0564 e. The highest BCUT2D eigenvalue weighted by Gasteiger charge is 2.22. The number of piperidine rings is 1. The summed E-state index contributed by atoms with van der Waals surface area (Å²) in [4.78, 5) is 6.59. The van der Waals surface area contributed by atoms with E-state index in [1.54, 1.807) is 0 Å². The molecule has 3 nitrogen and oxygen atoms in total. The molecule has 0 bridgehead atoms. The van der Waals surface area contributed by atoms with E-state index < -0.39 is 0 Å². The molecule has 2 unspecified atom stereocenters. The van der Waals surface area contributed by atoms with Crippen molar-refractivity contribution >= 4 is 21.6 Å². The Morgan fingerprint density at radius 1 is 1.56 bits per heavy atom. The van der Waals surface area contributed by atoms with E-state index in [1.807, 2.05) is 12.4 Å². The van der Waals surface area contributed by atoms with Crippen LogP contribution in [0.15, 0.2) is 22.9 Å². The molecule has 1 aliphatic rings. The van der Waals surface area contributed by atoms with Gasteiger partial charge in [-0.15, -0.1) is 0 Å². The predicted octanol–water partition coefficient (Wildman–Crippen LogP) is 2.41. The van der Waals surface area contributed by atoms with Gasteiger partial charge in [-0.1, -0.05) is 0 Å². The first-order chi connectivity index (χ1) is 7.66. The molecule has 2 heterocycles. The molecule has 0 radical (unpaired) electrons. The molecule has 0 saturated carbocycles. The monoisotopic (exact) mass is 283 g/mol. The van der Waals surface area contributed by atoms with Crippen LogP contribution in [0, 0.1) is 5.92 Å². The normalized spacial score (nSPS) is 23.2. The molecule has 1 fully saturated rings. The largest absolute Gasteiger partial charge is 0.370 e. The molecule has 16 heavy (non-hydrogen) atoms. The lowest BCUT2D eigenvalue weighted by Crippen LogP contribution is -2.42. The van der Waals surface area contributed by atoms with Crippen molar-refractivity contribution in [2.45, 2.75) is 25.8 Å². The number of nitrogens with zero attached hydrogens (tertiary/aromatic N) is 2. The Balaban J connectivity index is 2.09. The van der Waals surface area contributed by atoms with Gasteiger partial charge in [-0.05, 0) is 47.7 Å². The van der Waals surface area contributed by atoms with Gasteiger partial charge < -0.3 is 10.6 Å². The standard InChI is InChI=1S/C12H18BrN3/c1-9(14)10-3-2-4-16(8-10)12-5-11(13)6-15-7-12/h5-7,9-10H,2-4,8,14H2,1H3. The molecule has 1 aromatic heterocycles. The van der Waals surface area contributed by atoms with Crippen LogP contribution in [0.25, 0.3) is 0 Å². The minimum absolute atomic E-state index is 0.280. The first kappa shape index (κ1) is 11.9. The Kier molecular flexibility index (Phi) is 3.82. The maximum Gasteiger partial charge on any atom is 0.0564 e. The molecule has 4 heteroatoms. The summed E-state index contributed by atoms with van der Waals surface area (Å²) in [6.07, 6.45) is 6.21. The van der Waals surface area contributed by atoms with Gasteiger partial charge in [0.25, 0.3) is 0 Å². The van der Waals surface area contributed by atoms with Crippen LogP contribution < -0.4 is 10.6 Å². The van der Waals surface area contributed by atoms with Crippen LogP contribution in [0.1, 0.15) is 19.8 Å². The Hall–Kier alpha value is -0.610. The minimum Gasteiger partial charge on any atom is -0.370 e. The maximum atomic E-state index is 5.99. The lowest BCUT2D eigenvalue weighted by Gasteiger charge is -2.36. The van der Waals surface area contributed by atoms with Crippen molar-refractivity contribution in [2.75, 3.05) is 18.0 Å². The first-order valence-corrected chi connectivity index (χ1v) is 6.57. The zero-order valence-electron chi connectivity index (χ0n) is 9.56. The maximum absolute atomic E-state index is 5.99. The fourth-order valence-corrected chi connectivity index (χ4v) is 2.60. The zero-order valence-corrected chi connectivity index (χ0v) is 11.2. The van der Waals surface area contributed by atoms with Gasteiger partial charge in [-0.3, -0.25) is 4.98 Å². The molecule has 1 aromatic rings. The Labute approximate surface area is 105 Å². The van der Waals surface area contributed by atoms with Crippen LogP contribution in [0.4, 0.5) is 5.69 Å². The van der Waals surface area contributed by atoms with Crippen LogP contribution >= 0.6 is 15.9 Å². The van der Waals surface area contributed by atoms with E-state index >= 15 is 0 Å². The van der Waals surface area contributed by atoms with Crippen molar-refractivity contribution < 1.29 is 0 Å². The fourth-order valence-electron chi connectivity index (χ4n) is 2.25. The summed E-state index contributed by atoms with van der Waals surface area (Å²) >= 11 is 3.46. The number of halogens is 1. The zero-order chi connectivity index (χ0) is 11.5. The van der Waals surface area contributed by atoms with E-state index in [0.29, 0.717) is 5.92 Å². The summed E-state index contributed by atoms with van der Waals surface area (Å²) in [6, 6.07) is 2.40. The van der Waals surface area contributed by atoms with Gasteiger partial charge in [0.2, 0.25) is 0 Å². The van der Waals surface area contributed by atoms with E-state index in [1.165, 1.54) is 18.5 Å². The number of nitrogens with two attached hydrogens (primary N) is 1. The van der Waals surface area contributed by atoms with E-state index in [-0.39, 0.29) is 6.04 Å².